The molecule has 0 fully saturated rings. The first-order valence-electron chi connectivity index (χ1n) is 6.75. The van der Waals surface area contributed by atoms with E-state index >= 15 is 0 Å². The minimum absolute atomic E-state index is 0.0829. The molecule has 0 aliphatic heterocycles. The number of nitrogens with zero attached hydrogens (tertiary/aromatic N) is 1. The van der Waals surface area contributed by atoms with Crippen LogP contribution in [0.5, 0.6) is 0 Å². The molecule has 1 aromatic carbocycles. The molecule has 0 aliphatic rings. The third-order valence-corrected chi connectivity index (χ3v) is 3.12. The van der Waals surface area contributed by atoms with Crippen LogP contribution in [0, 0.1) is 5.92 Å². The molecule has 0 unspecified atom stereocenters. The zero-order valence-corrected chi connectivity index (χ0v) is 11.5. The highest BCUT2D eigenvalue weighted by atomic mass is 16.1. The number of benzene rings is 1. The molecule has 0 aliphatic carbocycles. The molecule has 2 heteroatoms. The van der Waals surface area contributed by atoms with Crippen LogP contribution in [0.3, 0.4) is 0 Å². The fourth-order valence-electron chi connectivity index (χ4n) is 1.96. The highest BCUT2D eigenvalue weighted by molar-refractivity contribution is 6.08. The Balaban J connectivity index is 2.17. The molecule has 1 aromatic heterocycles. The normalized spacial score (nSPS) is 10.7. The highest BCUT2D eigenvalue weighted by Gasteiger charge is 2.12. The molecule has 1 heterocycles. The summed E-state index contributed by atoms with van der Waals surface area (Å²) in [7, 11) is 0. The molecule has 0 amide bonds. The molecule has 98 valence electrons. The van der Waals surface area contributed by atoms with E-state index in [1.807, 2.05) is 54.9 Å². The van der Waals surface area contributed by atoms with E-state index < -0.39 is 0 Å². The maximum atomic E-state index is 12.3. The Hall–Kier alpha value is -1.96. The summed E-state index contributed by atoms with van der Waals surface area (Å²) in [6, 6.07) is 13.2. The molecule has 2 rings (SSSR count). The summed E-state index contributed by atoms with van der Waals surface area (Å²) in [6.45, 7) is 5.37. The molecule has 2 nitrogen and oxygen atoms in total. The molecule has 0 N–H and O–H groups in total. The van der Waals surface area contributed by atoms with Crippen LogP contribution in [-0.4, -0.2) is 5.78 Å². The predicted molar refractivity (Wildman–Crippen MR) is 76.0 cm³/mol. The van der Waals surface area contributed by atoms with Gasteiger partial charge in [0.1, 0.15) is 6.54 Å². The van der Waals surface area contributed by atoms with Crippen molar-refractivity contribution in [2.75, 3.05) is 0 Å². The van der Waals surface area contributed by atoms with Crippen molar-refractivity contribution < 1.29 is 9.36 Å². The van der Waals surface area contributed by atoms with Crippen molar-refractivity contribution in [1.29, 1.82) is 0 Å². The average Bonchev–Trinajstić information content (AvgIpc) is 2.45. The van der Waals surface area contributed by atoms with E-state index in [1.54, 1.807) is 0 Å². The zero-order chi connectivity index (χ0) is 13.7. The molecule has 2 aromatic rings. The van der Waals surface area contributed by atoms with E-state index in [9.17, 15) is 4.79 Å². The minimum Gasteiger partial charge on any atom is -0.288 e. The first-order valence-corrected chi connectivity index (χ1v) is 6.75. The molecule has 0 bridgehead atoms. The molecule has 0 radical (unpaired) electrons. The summed E-state index contributed by atoms with van der Waals surface area (Å²) in [5.74, 6) is 0.750. The standard InChI is InChI=1S/C17H20NO/c1-14(2)10-12-18-11-6-9-16(13-18)17(19)15-7-4-3-5-8-15/h3-9,11,13-14H,10,12H2,1-2H3/q+1. The van der Waals surface area contributed by atoms with Gasteiger partial charge in [-0.25, -0.2) is 4.57 Å². The van der Waals surface area contributed by atoms with Gasteiger partial charge in [-0.2, -0.15) is 0 Å². The van der Waals surface area contributed by atoms with Crippen molar-refractivity contribution in [2.24, 2.45) is 5.92 Å². The van der Waals surface area contributed by atoms with E-state index in [-0.39, 0.29) is 5.78 Å². The van der Waals surface area contributed by atoms with Gasteiger partial charge in [-0.3, -0.25) is 4.79 Å². The van der Waals surface area contributed by atoms with Crippen molar-refractivity contribution in [3.63, 3.8) is 0 Å². The Morgan fingerprint density at radius 1 is 1.05 bits per heavy atom. The van der Waals surface area contributed by atoms with Crippen LogP contribution in [0.4, 0.5) is 0 Å². The minimum atomic E-state index is 0.0829. The van der Waals surface area contributed by atoms with Gasteiger partial charge in [-0.15, -0.1) is 0 Å². The van der Waals surface area contributed by atoms with Gasteiger partial charge in [-0.05, 0) is 12.0 Å². The van der Waals surface area contributed by atoms with Gasteiger partial charge in [0, 0.05) is 18.1 Å². The van der Waals surface area contributed by atoms with Crippen molar-refractivity contribution in [3.05, 3.63) is 66.0 Å². The summed E-state index contributed by atoms with van der Waals surface area (Å²) in [5, 5.41) is 0. The Morgan fingerprint density at radius 3 is 2.42 bits per heavy atom. The molecule has 0 saturated heterocycles. The van der Waals surface area contributed by atoms with Gasteiger partial charge in [-0.1, -0.05) is 44.2 Å². The zero-order valence-electron chi connectivity index (χ0n) is 11.5. The average molecular weight is 254 g/mol. The maximum Gasteiger partial charge on any atom is 0.199 e. The lowest BCUT2D eigenvalue weighted by molar-refractivity contribution is -0.698. The summed E-state index contributed by atoms with van der Waals surface area (Å²) < 4.78 is 2.09. The van der Waals surface area contributed by atoms with Crippen LogP contribution in [0.1, 0.15) is 36.2 Å². The number of rotatable bonds is 5. The summed E-state index contributed by atoms with van der Waals surface area (Å²) in [6.07, 6.45) is 5.08. The van der Waals surface area contributed by atoms with Gasteiger partial charge in [0.25, 0.3) is 0 Å². The quantitative estimate of drug-likeness (QED) is 0.592. The van der Waals surface area contributed by atoms with Gasteiger partial charge in [0.2, 0.25) is 0 Å². The van der Waals surface area contributed by atoms with Crippen LogP contribution in [0.15, 0.2) is 54.9 Å². The fourth-order valence-corrected chi connectivity index (χ4v) is 1.96. The Labute approximate surface area is 114 Å². The third kappa shape index (κ3) is 3.75. The SMILES string of the molecule is CC(C)CC[n+]1cccc(C(=O)c2ccccc2)c1. The lowest BCUT2D eigenvalue weighted by atomic mass is 10.1. The van der Waals surface area contributed by atoms with Gasteiger partial charge >= 0.3 is 0 Å². The largest absolute Gasteiger partial charge is 0.288 e. The van der Waals surface area contributed by atoms with Crippen molar-refractivity contribution >= 4 is 5.78 Å². The van der Waals surface area contributed by atoms with Gasteiger partial charge in [0.15, 0.2) is 18.2 Å². The summed E-state index contributed by atoms with van der Waals surface area (Å²) >= 11 is 0. The number of hydrogen-bond donors (Lipinski definition) is 0. The molecule has 0 atom stereocenters. The summed E-state index contributed by atoms with van der Waals surface area (Å²) in [4.78, 5) is 12.3. The number of pyridine rings is 1. The first kappa shape index (κ1) is 13.5. The number of ketones is 1. The van der Waals surface area contributed by atoms with Gasteiger partial charge in [0.05, 0.1) is 5.56 Å². The van der Waals surface area contributed by atoms with Crippen LogP contribution in [0.25, 0.3) is 0 Å². The molecule has 0 spiro atoms. The van der Waals surface area contributed by atoms with Crippen molar-refractivity contribution in [1.82, 2.24) is 0 Å². The Kier molecular flexibility index (Phi) is 4.45. The van der Waals surface area contributed by atoms with E-state index in [2.05, 4.69) is 18.4 Å². The van der Waals surface area contributed by atoms with Crippen LogP contribution in [0.2, 0.25) is 0 Å². The highest BCUT2D eigenvalue weighted by Crippen LogP contribution is 2.07. The number of aryl methyl sites for hydroxylation is 1. The second kappa shape index (κ2) is 6.28. The first-order chi connectivity index (χ1) is 9.16. The fraction of sp³-hybridized carbons (Fsp3) is 0.294. The van der Waals surface area contributed by atoms with Crippen LogP contribution in [-0.2, 0) is 6.54 Å². The predicted octanol–water partition coefficient (Wildman–Crippen LogP) is 3.25. The number of hydrogen-bond acceptors (Lipinski definition) is 1. The van der Waals surface area contributed by atoms with Crippen molar-refractivity contribution in [2.45, 2.75) is 26.8 Å². The number of carbonyl (C=O) groups is 1. The van der Waals surface area contributed by atoms with E-state index in [1.165, 1.54) is 0 Å². The third-order valence-electron chi connectivity index (χ3n) is 3.12. The monoisotopic (exact) mass is 254 g/mol. The van der Waals surface area contributed by atoms with Crippen molar-refractivity contribution in [3.8, 4) is 0 Å². The Morgan fingerprint density at radius 2 is 1.74 bits per heavy atom. The second-order valence-corrected chi connectivity index (χ2v) is 5.21. The van der Waals surface area contributed by atoms with Crippen LogP contribution >= 0.6 is 0 Å². The molecular weight excluding hydrogens is 234 g/mol. The maximum absolute atomic E-state index is 12.3. The van der Waals surface area contributed by atoms with E-state index in [4.69, 9.17) is 0 Å². The van der Waals surface area contributed by atoms with E-state index in [0.29, 0.717) is 5.92 Å². The summed E-state index contributed by atoms with van der Waals surface area (Å²) in [5.41, 5.74) is 1.49. The second-order valence-electron chi connectivity index (χ2n) is 5.21. The number of aromatic nitrogens is 1. The molecular formula is C17H20NO+. The smallest absolute Gasteiger partial charge is 0.199 e. The lowest BCUT2D eigenvalue weighted by Crippen LogP contribution is -2.34. The van der Waals surface area contributed by atoms with Gasteiger partial charge < -0.3 is 0 Å². The Bertz CT molecular complexity index is 546. The van der Waals surface area contributed by atoms with Crippen LogP contribution < -0.4 is 4.57 Å². The van der Waals surface area contributed by atoms with E-state index in [0.717, 1.165) is 24.1 Å². The lowest BCUT2D eigenvalue weighted by Gasteiger charge is -2.03. The number of carbonyl (C=O) groups excluding carboxylic acids is 1. The topological polar surface area (TPSA) is 20.9 Å². The molecule has 0 saturated carbocycles. The molecule has 19 heavy (non-hydrogen) atoms.